The minimum atomic E-state index is 0.531. The van der Waals surface area contributed by atoms with Crippen molar-refractivity contribution in [1.82, 2.24) is 9.78 Å². The highest BCUT2D eigenvalue weighted by molar-refractivity contribution is 6.18. The lowest BCUT2D eigenvalue weighted by atomic mass is 10.1. The molecule has 14 heavy (non-hydrogen) atoms. The second-order valence-electron chi connectivity index (χ2n) is 3.76. The van der Waals surface area contributed by atoms with E-state index in [2.05, 4.69) is 36.6 Å². The molecule has 2 nitrogen and oxygen atoms in total. The summed E-state index contributed by atoms with van der Waals surface area (Å²) in [6.45, 7) is 7.38. The Kier molecular flexibility index (Phi) is 4.46. The Balaban J connectivity index is 2.78. The van der Waals surface area contributed by atoms with E-state index < -0.39 is 0 Å². The molecule has 0 aliphatic carbocycles. The topological polar surface area (TPSA) is 17.8 Å². The minimum absolute atomic E-state index is 0.531. The van der Waals surface area contributed by atoms with Crippen LogP contribution < -0.4 is 0 Å². The molecule has 0 radical (unpaired) electrons. The van der Waals surface area contributed by atoms with Gasteiger partial charge in [0.25, 0.3) is 0 Å². The van der Waals surface area contributed by atoms with Crippen molar-refractivity contribution in [2.75, 3.05) is 5.88 Å². The van der Waals surface area contributed by atoms with E-state index >= 15 is 0 Å². The number of aryl methyl sites for hydroxylation is 2. The second kappa shape index (κ2) is 5.40. The fourth-order valence-corrected chi connectivity index (χ4v) is 1.65. The summed E-state index contributed by atoms with van der Waals surface area (Å²) in [5, 5.41) is 4.51. The Morgan fingerprint density at radius 1 is 1.50 bits per heavy atom. The average molecular weight is 215 g/mol. The third-order valence-electron chi connectivity index (χ3n) is 2.40. The smallest absolute Gasteiger partial charge is 0.0624 e. The molecular weight excluding hydrogens is 196 g/mol. The number of alkyl halides is 1. The summed E-state index contributed by atoms with van der Waals surface area (Å²) in [5.74, 6) is 1.25. The molecule has 0 N–H and O–H groups in total. The highest BCUT2D eigenvalue weighted by atomic mass is 35.5. The van der Waals surface area contributed by atoms with Crippen LogP contribution in [0, 0.1) is 5.92 Å². The van der Waals surface area contributed by atoms with Gasteiger partial charge in [0.05, 0.1) is 5.69 Å². The minimum Gasteiger partial charge on any atom is -0.270 e. The Hall–Kier alpha value is -0.500. The van der Waals surface area contributed by atoms with Crippen LogP contribution in [-0.2, 0) is 19.4 Å². The summed E-state index contributed by atoms with van der Waals surface area (Å²) in [7, 11) is 0. The van der Waals surface area contributed by atoms with Crippen LogP contribution in [0.15, 0.2) is 6.07 Å². The molecule has 0 saturated carbocycles. The van der Waals surface area contributed by atoms with Gasteiger partial charge >= 0.3 is 0 Å². The molecule has 0 aliphatic rings. The number of hydrogen-bond acceptors (Lipinski definition) is 1. The van der Waals surface area contributed by atoms with Gasteiger partial charge in [-0.15, -0.1) is 11.6 Å². The number of rotatable bonds is 5. The number of hydrogen-bond donors (Lipinski definition) is 0. The van der Waals surface area contributed by atoms with E-state index in [1.54, 1.807) is 0 Å². The number of halogens is 1. The number of nitrogens with zero attached hydrogens (tertiary/aromatic N) is 2. The van der Waals surface area contributed by atoms with Crippen molar-refractivity contribution in [3.05, 3.63) is 17.5 Å². The summed E-state index contributed by atoms with van der Waals surface area (Å²) in [6, 6.07) is 2.20. The molecule has 1 unspecified atom stereocenters. The molecule has 0 saturated heterocycles. The first-order chi connectivity index (χ1) is 6.71. The molecule has 80 valence electrons. The quantitative estimate of drug-likeness (QED) is 0.690. The largest absolute Gasteiger partial charge is 0.270 e. The molecule has 0 spiro atoms. The van der Waals surface area contributed by atoms with Gasteiger partial charge in [0, 0.05) is 18.1 Å². The predicted molar refractivity (Wildman–Crippen MR) is 60.9 cm³/mol. The van der Waals surface area contributed by atoms with Crippen molar-refractivity contribution in [3.63, 3.8) is 0 Å². The SMILES string of the molecule is CCc1cc(CC(C)CCl)n(CC)n1. The molecule has 0 bridgehead atoms. The van der Waals surface area contributed by atoms with Gasteiger partial charge in [-0.3, -0.25) is 4.68 Å². The van der Waals surface area contributed by atoms with Crippen LogP contribution in [0.4, 0.5) is 0 Å². The van der Waals surface area contributed by atoms with Crippen molar-refractivity contribution in [2.24, 2.45) is 5.92 Å². The summed E-state index contributed by atoms with van der Waals surface area (Å²) in [4.78, 5) is 0. The lowest BCUT2D eigenvalue weighted by Gasteiger charge is -2.08. The average Bonchev–Trinajstić information content (AvgIpc) is 2.60. The van der Waals surface area contributed by atoms with Gasteiger partial charge in [0.2, 0.25) is 0 Å². The van der Waals surface area contributed by atoms with Gasteiger partial charge < -0.3 is 0 Å². The molecule has 1 rings (SSSR count). The van der Waals surface area contributed by atoms with Crippen LogP contribution in [0.3, 0.4) is 0 Å². The Morgan fingerprint density at radius 2 is 2.21 bits per heavy atom. The summed E-state index contributed by atoms with van der Waals surface area (Å²) >= 11 is 5.81. The fourth-order valence-electron chi connectivity index (χ4n) is 1.54. The molecule has 1 aromatic rings. The maximum Gasteiger partial charge on any atom is 0.0624 e. The predicted octanol–water partition coefficient (Wildman–Crippen LogP) is 2.88. The Labute approximate surface area is 91.3 Å². The summed E-state index contributed by atoms with van der Waals surface area (Å²) < 4.78 is 2.09. The van der Waals surface area contributed by atoms with E-state index in [1.165, 1.54) is 11.4 Å². The Bertz CT molecular complexity index is 281. The first kappa shape index (κ1) is 11.6. The van der Waals surface area contributed by atoms with Crippen molar-refractivity contribution in [3.8, 4) is 0 Å². The van der Waals surface area contributed by atoms with Crippen LogP contribution in [0.1, 0.15) is 32.2 Å². The van der Waals surface area contributed by atoms with Gasteiger partial charge in [-0.05, 0) is 31.7 Å². The van der Waals surface area contributed by atoms with Crippen molar-refractivity contribution >= 4 is 11.6 Å². The van der Waals surface area contributed by atoms with E-state index in [1.807, 2.05) is 0 Å². The maximum atomic E-state index is 5.81. The van der Waals surface area contributed by atoms with Gasteiger partial charge in [-0.25, -0.2) is 0 Å². The first-order valence-corrected chi connectivity index (χ1v) is 5.86. The van der Waals surface area contributed by atoms with Gasteiger partial charge in [0.15, 0.2) is 0 Å². The van der Waals surface area contributed by atoms with Crippen LogP contribution in [0.25, 0.3) is 0 Å². The van der Waals surface area contributed by atoms with Crippen LogP contribution in [0.2, 0.25) is 0 Å². The highest BCUT2D eigenvalue weighted by Crippen LogP contribution is 2.12. The molecule has 0 fully saturated rings. The third-order valence-corrected chi connectivity index (χ3v) is 2.92. The van der Waals surface area contributed by atoms with Gasteiger partial charge in [0.1, 0.15) is 0 Å². The molecule has 3 heteroatoms. The van der Waals surface area contributed by atoms with E-state index in [0.717, 1.165) is 25.3 Å². The fraction of sp³-hybridized carbons (Fsp3) is 0.727. The maximum absolute atomic E-state index is 5.81. The summed E-state index contributed by atoms with van der Waals surface area (Å²) in [5.41, 5.74) is 2.50. The normalized spacial score (nSPS) is 13.1. The zero-order chi connectivity index (χ0) is 10.6. The van der Waals surface area contributed by atoms with E-state index in [4.69, 9.17) is 11.6 Å². The molecule has 0 aromatic carbocycles. The Morgan fingerprint density at radius 3 is 2.71 bits per heavy atom. The van der Waals surface area contributed by atoms with Crippen molar-refractivity contribution < 1.29 is 0 Å². The van der Waals surface area contributed by atoms with Crippen molar-refractivity contribution in [1.29, 1.82) is 0 Å². The van der Waals surface area contributed by atoms with Crippen molar-refractivity contribution in [2.45, 2.75) is 40.2 Å². The van der Waals surface area contributed by atoms with E-state index in [-0.39, 0.29) is 0 Å². The first-order valence-electron chi connectivity index (χ1n) is 5.32. The molecule has 0 amide bonds. The lowest BCUT2D eigenvalue weighted by Crippen LogP contribution is -2.08. The van der Waals surface area contributed by atoms with E-state index in [0.29, 0.717) is 5.92 Å². The zero-order valence-corrected chi connectivity index (χ0v) is 10.0. The third kappa shape index (κ3) is 2.74. The summed E-state index contributed by atoms with van der Waals surface area (Å²) in [6.07, 6.45) is 2.04. The van der Waals surface area contributed by atoms with Crippen LogP contribution in [-0.4, -0.2) is 15.7 Å². The second-order valence-corrected chi connectivity index (χ2v) is 4.07. The van der Waals surface area contributed by atoms with Crippen LogP contribution in [0.5, 0.6) is 0 Å². The molecular formula is C11H19ClN2. The van der Waals surface area contributed by atoms with Gasteiger partial charge in [-0.2, -0.15) is 5.10 Å². The molecule has 0 aliphatic heterocycles. The molecule has 1 aromatic heterocycles. The number of aromatic nitrogens is 2. The van der Waals surface area contributed by atoms with Gasteiger partial charge in [-0.1, -0.05) is 13.8 Å². The highest BCUT2D eigenvalue weighted by Gasteiger charge is 2.09. The molecule has 1 heterocycles. The standard InChI is InChI=1S/C11H19ClN2/c1-4-10-7-11(6-9(3)8-12)14(5-2)13-10/h7,9H,4-6,8H2,1-3H3. The molecule has 1 atom stereocenters. The van der Waals surface area contributed by atoms with E-state index in [9.17, 15) is 0 Å². The monoisotopic (exact) mass is 214 g/mol. The van der Waals surface area contributed by atoms with Crippen LogP contribution >= 0.6 is 11.6 Å². The zero-order valence-electron chi connectivity index (χ0n) is 9.26. The lowest BCUT2D eigenvalue weighted by molar-refractivity contribution is 0.563.